The predicted octanol–water partition coefficient (Wildman–Crippen LogP) is 3.68. The van der Waals surface area contributed by atoms with Gasteiger partial charge in [-0.15, -0.1) is 0 Å². The third-order valence-electron chi connectivity index (χ3n) is 2.72. The third kappa shape index (κ3) is 2.82. The Kier molecular flexibility index (Phi) is 3.71. The first-order chi connectivity index (χ1) is 8.31. The Morgan fingerprint density at radius 1 is 0.882 bits per heavy atom. The monoisotopic (exact) mass is 223 g/mol. The molecule has 1 heteroatoms. The summed E-state index contributed by atoms with van der Waals surface area (Å²) in [6.45, 7) is 3.82. The molecule has 2 aromatic carbocycles. The number of rotatable bonds is 4. The number of hydrogen-bond acceptors (Lipinski definition) is 1. The molecule has 17 heavy (non-hydrogen) atoms. The molecule has 85 valence electrons. The Labute approximate surface area is 102 Å². The number of ketones is 1. The summed E-state index contributed by atoms with van der Waals surface area (Å²) in [4.78, 5) is 12.1. The Bertz CT molecular complexity index is 483. The van der Waals surface area contributed by atoms with Crippen LogP contribution in [0.4, 0.5) is 0 Å². The molecule has 0 aromatic heterocycles. The zero-order valence-electron chi connectivity index (χ0n) is 9.73. The van der Waals surface area contributed by atoms with Crippen LogP contribution in [0.3, 0.4) is 0 Å². The van der Waals surface area contributed by atoms with Crippen LogP contribution in [0.25, 0.3) is 0 Å². The largest absolute Gasteiger partial charge is 0.289 e. The zero-order valence-corrected chi connectivity index (χ0v) is 9.73. The molecule has 0 aliphatic carbocycles. The van der Waals surface area contributed by atoms with Crippen molar-refractivity contribution in [3.05, 3.63) is 78.2 Å². The molecule has 0 atom stereocenters. The summed E-state index contributed by atoms with van der Waals surface area (Å²) < 4.78 is 0. The first-order valence-corrected chi connectivity index (χ1v) is 5.79. The van der Waals surface area contributed by atoms with Crippen LogP contribution in [-0.2, 0) is 6.42 Å². The van der Waals surface area contributed by atoms with E-state index < -0.39 is 0 Å². The maximum Gasteiger partial charge on any atom is 0.193 e. The van der Waals surface area contributed by atoms with E-state index in [1.54, 1.807) is 0 Å². The van der Waals surface area contributed by atoms with Crippen LogP contribution in [0.1, 0.15) is 27.9 Å². The Morgan fingerprint density at radius 3 is 2.06 bits per heavy atom. The minimum atomic E-state index is 0.0757. The Morgan fingerprint density at radius 2 is 1.47 bits per heavy atom. The standard InChI is InChI=1S/C16H15O/c1-2-6-13-9-11-15(12-10-13)16(17)14-7-4-3-5-8-14/h3-5,7-12H,1-2,6H2. The topological polar surface area (TPSA) is 17.1 Å². The van der Waals surface area contributed by atoms with Crippen molar-refractivity contribution >= 4 is 5.78 Å². The van der Waals surface area contributed by atoms with Crippen molar-refractivity contribution in [2.45, 2.75) is 12.8 Å². The van der Waals surface area contributed by atoms with E-state index in [9.17, 15) is 4.79 Å². The molecule has 1 nitrogen and oxygen atoms in total. The summed E-state index contributed by atoms with van der Waals surface area (Å²) in [5.74, 6) is 0.0757. The highest BCUT2D eigenvalue weighted by Gasteiger charge is 2.07. The molecule has 1 radical (unpaired) electrons. The van der Waals surface area contributed by atoms with Crippen LogP contribution in [0.5, 0.6) is 0 Å². The van der Waals surface area contributed by atoms with Crippen molar-refractivity contribution in [2.75, 3.05) is 0 Å². The lowest BCUT2D eigenvalue weighted by Gasteiger charge is -2.03. The van der Waals surface area contributed by atoms with Gasteiger partial charge in [-0.25, -0.2) is 0 Å². The lowest BCUT2D eigenvalue weighted by molar-refractivity contribution is 0.103. The minimum Gasteiger partial charge on any atom is -0.289 e. The predicted molar refractivity (Wildman–Crippen MR) is 70.0 cm³/mol. The number of aryl methyl sites for hydroxylation is 1. The first kappa shape index (κ1) is 11.6. The fraction of sp³-hybridized carbons (Fsp3) is 0.125. The van der Waals surface area contributed by atoms with E-state index in [0.717, 1.165) is 24.0 Å². The second kappa shape index (κ2) is 5.44. The summed E-state index contributed by atoms with van der Waals surface area (Å²) in [7, 11) is 0. The molecule has 2 rings (SSSR count). The van der Waals surface area contributed by atoms with Crippen LogP contribution >= 0.6 is 0 Å². The van der Waals surface area contributed by atoms with Crippen molar-refractivity contribution in [1.29, 1.82) is 0 Å². The lowest BCUT2D eigenvalue weighted by atomic mass is 10.0. The lowest BCUT2D eigenvalue weighted by Crippen LogP contribution is -2.00. The molecule has 0 bridgehead atoms. The van der Waals surface area contributed by atoms with Gasteiger partial charge in [-0.1, -0.05) is 61.5 Å². The first-order valence-electron chi connectivity index (χ1n) is 5.79. The summed E-state index contributed by atoms with van der Waals surface area (Å²) in [6.07, 6.45) is 1.84. The van der Waals surface area contributed by atoms with Gasteiger partial charge in [0, 0.05) is 11.1 Å². The van der Waals surface area contributed by atoms with Gasteiger partial charge in [0.25, 0.3) is 0 Å². The molecule has 0 heterocycles. The smallest absolute Gasteiger partial charge is 0.193 e. The van der Waals surface area contributed by atoms with Gasteiger partial charge in [0.15, 0.2) is 5.78 Å². The van der Waals surface area contributed by atoms with Crippen molar-refractivity contribution in [3.8, 4) is 0 Å². The van der Waals surface area contributed by atoms with Crippen molar-refractivity contribution in [2.24, 2.45) is 0 Å². The van der Waals surface area contributed by atoms with E-state index in [-0.39, 0.29) is 5.78 Å². The second-order valence-electron chi connectivity index (χ2n) is 4.00. The average molecular weight is 223 g/mol. The fourth-order valence-corrected chi connectivity index (χ4v) is 1.78. The fourth-order valence-electron chi connectivity index (χ4n) is 1.78. The quantitative estimate of drug-likeness (QED) is 0.722. The van der Waals surface area contributed by atoms with Gasteiger partial charge in [0.05, 0.1) is 0 Å². The van der Waals surface area contributed by atoms with Gasteiger partial charge in [0.1, 0.15) is 0 Å². The third-order valence-corrected chi connectivity index (χ3v) is 2.72. The highest BCUT2D eigenvalue weighted by atomic mass is 16.1. The van der Waals surface area contributed by atoms with Crippen LogP contribution in [-0.4, -0.2) is 5.78 Å². The molecule has 0 spiro atoms. The van der Waals surface area contributed by atoms with Gasteiger partial charge in [0.2, 0.25) is 0 Å². The molecule has 0 aliphatic rings. The van der Waals surface area contributed by atoms with E-state index in [4.69, 9.17) is 0 Å². The molecule has 0 fully saturated rings. The average Bonchev–Trinajstić information content (AvgIpc) is 2.40. The number of hydrogen-bond donors (Lipinski definition) is 0. The molecule has 0 unspecified atom stereocenters. The SMILES string of the molecule is [CH2]CCc1ccc(C(=O)c2ccccc2)cc1. The van der Waals surface area contributed by atoms with Gasteiger partial charge in [-0.2, -0.15) is 0 Å². The summed E-state index contributed by atoms with van der Waals surface area (Å²) in [5.41, 5.74) is 2.70. The minimum absolute atomic E-state index is 0.0757. The van der Waals surface area contributed by atoms with E-state index >= 15 is 0 Å². The summed E-state index contributed by atoms with van der Waals surface area (Å²) >= 11 is 0. The van der Waals surface area contributed by atoms with Gasteiger partial charge in [-0.05, 0) is 18.4 Å². The van der Waals surface area contributed by atoms with Crippen LogP contribution in [0, 0.1) is 6.92 Å². The Hall–Kier alpha value is -1.89. The maximum atomic E-state index is 12.1. The zero-order chi connectivity index (χ0) is 12.1. The molecule has 0 saturated heterocycles. The number of carbonyl (C=O) groups is 1. The van der Waals surface area contributed by atoms with Crippen molar-refractivity contribution in [1.82, 2.24) is 0 Å². The summed E-state index contributed by atoms with van der Waals surface area (Å²) in [5, 5.41) is 0. The van der Waals surface area contributed by atoms with E-state index in [0.29, 0.717) is 0 Å². The van der Waals surface area contributed by atoms with E-state index in [2.05, 4.69) is 6.92 Å². The maximum absolute atomic E-state index is 12.1. The highest BCUT2D eigenvalue weighted by Crippen LogP contribution is 2.11. The highest BCUT2D eigenvalue weighted by molar-refractivity contribution is 6.08. The second-order valence-corrected chi connectivity index (χ2v) is 4.00. The van der Waals surface area contributed by atoms with Gasteiger partial charge < -0.3 is 0 Å². The van der Waals surface area contributed by atoms with Gasteiger partial charge in [-0.3, -0.25) is 4.79 Å². The molecule has 0 N–H and O–H groups in total. The molecular formula is C16H15O. The van der Waals surface area contributed by atoms with E-state index in [1.807, 2.05) is 54.6 Å². The molecular weight excluding hydrogens is 208 g/mol. The van der Waals surface area contributed by atoms with Crippen LogP contribution in [0.2, 0.25) is 0 Å². The van der Waals surface area contributed by atoms with E-state index in [1.165, 1.54) is 5.56 Å². The summed E-state index contributed by atoms with van der Waals surface area (Å²) in [6, 6.07) is 17.1. The van der Waals surface area contributed by atoms with Crippen LogP contribution < -0.4 is 0 Å². The van der Waals surface area contributed by atoms with Crippen molar-refractivity contribution < 1.29 is 4.79 Å². The molecule has 2 aromatic rings. The van der Waals surface area contributed by atoms with Crippen LogP contribution in [0.15, 0.2) is 54.6 Å². The molecule has 0 saturated carbocycles. The number of carbonyl (C=O) groups excluding carboxylic acids is 1. The molecule has 0 aliphatic heterocycles. The van der Waals surface area contributed by atoms with Gasteiger partial charge >= 0.3 is 0 Å². The normalized spacial score (nSPS) is 10.2. The number of benzene rings is 2. The van der Waals surface area contributed by atoms with Crippen molar-refractivity contribution in [3.63, 3.8) is 0 Å². The molecule has 0 amide bonds. The Balaban J connectivity index is 2.20.